The van der Waals surface area contributed by atoms with Crippen molar-refractivity contribution in [2.24, 2.45) is 5.73 Å². The van der Waals surface area contributed by atoms with Gasteiger partial charge in [0.25, 0.3) is 0 Å². The van der Waals surface area contributed by atoms with Gasteiger partial charge in [0.1, 0.15) is 10.8 Å². The number of nitrogens with one attached hydrogen (secondary N) is 1. The van der Waals surface area contributed by atoms with Crippen LogP contribution in [0.25, 0.3) is 0 Å². The molecule has 0 bridgehead atoms. The van der Waals surface area contributed by atoms with Crippen LogP contribution in [-0.2, 0) is 0 Å². The third-order valence-electron chi connectivity index (χ3n) is 3.12. The molecule has 0 aliphatic heterocycles. The van der Waals surface area contributed by atoms with E-state index in [0.29, 0.717) is 16.7 Å². The lowest BCUT2D eigenvalue weighted by atomic mass is 10.2. The van der Waals surface area contributed by atoms with Crippen molar-refractivity contribution in [3.05, 3.63) is 23.9 Å². The molecule has 0 aliphatic carbocycles. The van der Waals surface area contributed by atoms with E-state index < -0.39 is 0 Å². The number of pyridine rings is 1. The second-order valence-corrected chi connectivity index (χ2v) is 4.88. The first-order chi connectivity index (χ1) is 8.54. The molecule has 1 atom stereocenters. The van der Waals surface area contributed by atoms with Crippen LogP contribution in [-0.4, -0.2) is 41.1 Å². The second-order valence-electron chi connectivity index (χ2n) is 4.44. The molecule has 0 spiro atoms. The first kappa shape index (κ1) is 14.9. The highest BCUT2D eigenvalue weighted by Gasteiger charge is 2.06. The summed E-state index contributed by atoms with van der Waals surface area (Å²) in [5.74, 6) is 0.817. The van der Waals surface area contributed by atoms with Crippen molar-refractivity contribution >= 4 is 23.0 Å². The van der Waals surface area contributed by atoms with Gasteiger partial charge in [-0.15, -0.1) is 0 Å². The molecule has 100 valence electrons. The molecule has 1 aromatic heterocycles. The van der Waals surface area contributed by atoms with Crippen molar-refractivity contribution in [1.82, 2.24) is 9.88 Å². The van der Waals surface area contributed by atoms with Crippen molar-refractivity contribution in [2.75, 3.05) is 25.5 Å². The van der Waals surface area contributed by atoms with Crippen LogP contribution in [0.15, 0.2) is 18.2 Å². The van der Waals surface area contributed by atoms with Crippen molar-refractivity contribution in [1.29, 1.82) is 0 Å². The summed E-state index contributed by atoms with van der Waals surface area (Å²) in [6.07, 6.45) is 1.16. The average molecular weight is 266 g/mol. The highest BCUT2D eigenvalue weighted by atomic mass is 32.1. The molecule has 0 fully saturated rings. The fourth-order valence-corrected chi connectivity index (χ4v) is 1.68. The molecule has 1 heterocycles. The van der Waals surface area contributed by atoms with Crippen LogP contribution in [0.2, 0.25) is 0 Å². The van der Waals surface area contributed by atoms with Gasteiger partial charge in [-0.1, -0.05) is 25.2 Å². The Morgan fingerprint density at radius 3 is 2.89 bits per heavy atom. The van der Waals surface area contributed by atoms with Gasteiger partial charge in [0.2, 0.25) is 0 Å². The molecule has 5 heteroatoms. The van der Waals surface area contributed by atoms with Gasteiger partial charge < -0.3 is 16.0 Å². The lowest BCUT2D eigenvalue weighted by Gasteiger charge is -2.23. The number of nitrogens with zero attached hydrogens (tertiary/aromatic N) is 2. The summed E-state index contributed by atoms with van der Waals surface area (Å²) < 4.78 is 0. The Hall–Kier alpha value is -1.20. The number of rotatable bonds is 7. The minimum absolute atomic E-state index is 0.329. The quantitative estimate of drug-likeness (QED) is 0.738. The minimum Gasteiger partial charge on any atom is -0.388 e. The fraction of sp³-hybridized carbons (Fsp3) is 0.538. The van der Waals surface area contributed by atoms with Crippen LogP contribution in [0.1, 0.15) is 26.0 Å². The van der Waals surface area contributed by atoms with E-state index in [4.69, 9.17) is 18.0 Å². The lowest BCUT2D eigenvalue weighted by Crippen LogP contribution is -2.32. The normalized spacial score (nSPS) is 12.4. The van der Waals surface area contributed by atoms with Crippen LogP contribution in [0.5, 0.6) is 0 Å². The zero-order chi connectivity index (χ0) is 13.5. The van der Waals surface area contributed by atoms with E-state index >= 15 is 0 Å². The minimum atomic E-state index is 0.329. The molecule has 1 aromatic rings. The average Bonchev–Trinajstić information content (AvgIpc) is 2.38. The summed E-state index contributed by atoms with van der Waals surface area (Å²) >= 11 is 4.90. The number of hydrogen-bond acceptors (Lipinski definition) is 4. The van der Waals surface area contributed by atoms with Crippen molar-refractivity contribution in [3.8, 4) is 0 Å². The Morgan fingerprint density at radius 1 is 1.56 bits per heavy atom. The van der Waals surface area contributed by atoms with Gasteiger partial charge in [-0.05, 0) is 32.5 Å². The van der Waals surface area contributed by atoms with Gasteiger partial charge in [0.15, 0.2) is 0 Å². The molecule has 3 N–H and O–H groups in total. The summed E-state index contributed by atoms with van der Waals surface area (Å²) in [6.45, 7) is 6.26. The number of anilines is 1. The summed E-state index contributed by atoms with van der Waals surface area (Å²) in [5, 5.41) is 3.28. The van der Waals surface area contributed by atoms with E-state index in [1.807, 2.05) is 18.2 Å². The predicted molar refractivity (Wildman–Crippen MR) is 81.0 cm³/mol. The molecular weight excluding hydrogens is 244 g/mol. The molecule has 0 saturated heterocycles. The van der Waals surface area contributed by atoms with E-state index in [1.165, 1.54) is 0 Å². The van der Waals surface area contributed by atoms with E-state index in [1.54, 1.807) is 0 Å². The summed E-state index contributed by atoms with van der Waals surface area (Å²) in [6, 6.07) is 6.24. The molecule has 4 nitrogen and oxygen atoms in total. The topological polar surface area (TPSA) is 54.2 Å². The zero-order valence-electron chi connectivity index (χ0n) is 11.3. The smallest absolute Gasteiger partial charge is 0.126 e. The van der Waals surface area contributed by atoms with Crippen LogP contribution in [0, 0.1) is 0 Å². The van der Waals surface area contributed by atoms with Crippen LogP contribution in [0.4, 0.5) is 5.82 Å². The molecule has 0 aliphatic rings. The Labute approximate surface area is 115 Å². The monoisotopic (exact) mass is 266 g/mol. The Morgan fingerprint density at radius 2 is 2.28 bits per heavy atom. The maximum atomic E-state index is 5.55. The predicted octanol–water partition coefficient (Wildman–Crippen LogP) is 1.86. The fourth-order valence-electron chi connectivity index (χ4n) is 1.56. The van der Waals surface area contributed by atoms with Gasteiger partial charge in [0, 0.05) is 19.1 Å². The van der Waals surface area contributed by atoms with Crippen LogP contribution in [0.3, 0.4) is 0 Å². The summed E-state index contributed by atoms with van der Waals surface area (Å²) in [4.78, 5) is 6.99. The number of likely N-dealkylation sites (N-methyl/N-ethyl adjacent to an activating group) is 1. The first-order valence-electron chi connectivity index (χ1n) is 6.25. The lowest BCUT2D eigenvalue weighted by molar-refractivity contribution is 0.261. The van der Waals surface area contributed by atoms with Crippen LogP contribution < -0.4 is 11.1 Å². The molecule has 1 rings (SSSR count). The maximum absolute atomic E-state index is 5.55. The van der Waals surface area contributed by atoms with E-state index in [0.717, 1.165) is 25.3 Å². The Bertz CT molecular complexity index is 394. The SMILES string of the molecule is CCC(C)N(C)CCNc1cccc(C(N)=S)n1. The molecule has 0 amide bonds. The van der Waals surface area contributed by atoms with Gasteiger partial charge in [-0.3, -0.25) is 0 Å². The number of nitrogens with two attached hydrogens (primary N) is 1. The van der Waals surface area contributed by atoms with E-state index in [2.05, 4.69) is 36.1 Å². The summed E-state index contributed by atoms with van der Waals surface area (Å²) in [7, 11) is 2.13. The van der Waals surface area contributed by atoms with E-state index in [-0.39, 0.29) is 0 Å². The molecule has 0 radical (unpaired) electrons. The molecule has 0 aromatic carbocycles. The van der Waals surface area contributed by atoms with Gasteiger partial charge >= 0.3 is 0 Å². The molecule has 1 unspecified atom stereocenters. The standard InChI is InChI=1S/C13H22N4S/c1-4-10(2)17(3)9-8-15-12-7-5-6-11(16-12)13(14)18/h5-7,10H,4,8-9H2,1-3H3,(H2,14,18)(H,15,16). The Balaban J connectivity index is 2.44. The third kappa shape index (κ3) is 4.58. The Kier molecular flexibility index (Phi) is 6.01. The van der Waals surface area contributed by atoms with Crippen molar-refractivity contribution < 1.29 is 0 Å². The number of aromatic nitrogens is 1. The van der Waals surface area contributed by atoms with E-state index in [9.17, 15) is 0 Å². The first-order valence-corrected chi connectivity index (χ1v) is 6.66. The zero-order valence-corrected chi connectivity index (χ0v) is 12.1. The van der Waals surface area contributed by atoms with Crippen molar-refractivity contribution in [3.63, 3.8) is 0 Å². The van der Waals surface area contributed by atoms with Crippen LogP contribution >= 0.6 is 12.2 Å². The van der Waals surface area contributed by atoms with Gasteiger partial charge in [-0.2, -0.15) is 0 Å². The number of thiocarbonyl (C=S) groups is 1. The highest BCUT2D eigenvalue weighted by Crippen LogP contribution is 2.05. The summed E-state index contributed by atoms with van der Waals surface area (Å²) in [5.41, 5.74) is 6.21. The molecular formula is C13H22N4S. The molecule has 0 saturated carbocycles. The molecule has 18 heavy (non-hydrogen) atoms. The number of hydrogen-bond donors (Lipinski definition) is 2. The van der Waals surface area contributed by atoms with Gasteiger partial charge in [-0.25, -0.2) is 4.98 Å². The highest BCUT2D eigenvalue weighted by molar-refractivity contribution is 7.80. The largest absolute Gasteiger partial charge is 0.388 e. The third-order valence-corrected chi connectivity index (χ3v) is 3.32. The second kappa shape index (κ2) is 7.28. The maximum Gasteiger partial charge on any atom is 0.126 e. The van der Waals surface area contributed by atoms with Gasteiger partial charge in [0.05, 0.1) is 5.69 Å². The van der Waals surface area contributed by atoms with Crippen molar-refractivity contribution in [2.45, 2.75) is 26.3 Å².